The van der Waals surface area contributed by atoms with Gasteiger partial charge in [0.05, 0.1) is 0 Å². The summed E-state index contributed by atoms with van der Waals surface area (Å²) in [4.78, 5) is 0. The molecule has 0 aliphatic rings. The molecule has 0 fully saturated rings. The summed E-state index contributed by atoms with van der Waals surface area (Å²) in [7, 11) is 0. The van der Waals surface area contributed by atoms with Crippen LogP contribution in [-0.2, 0) is 33.9 Å². The maximum Gasteiger partial charge on any atom is 0.00772 e. The number of nitrogens with one attached hydrogen (secondary N) is 2. The predicted octanol–water partition coefficient (Wildman–Crippen LogP) is 14.8. The van der Waals surface area contributed by atoms with Gasteiger partial charge >= 0.3 is 397 Å². The van der Waals surface area contributed by atoms with Gasteiger partial charge in [0, 0.05) is 39.3 Å². The molecule has 0 saturated heterocycles. The van der Waals surface area contributed by atoms with Crippen LogP contribution < -0.4 is 22.1 Å². The second-order valence-corrected chi connectivity index (χ2v) is 49.2. The van der Waals surface area contributed by atoms with E-state index in [1.807, 2.05) is 0 Å². The second-order valence-electron chi connectivity index (χ2n) is 25.1. The molecule has 0 aliphatic carbocycles. The summed E-state index contributed by atoms with van der Waals surface area (Å²) in [6.07, 6.45) is 0. The van der Waals surface area contributed by atoms with Crippen LogP contribution in [0.15, 0.2) is 182 Å². The molecule has 0 atom stereocenters. The number of hydrogen-bond acceptors (Lipinski definition) is 5. The van der Waals surface area contributed by atoms with E-state index in [4.69, 9.17) is 11.5 Å². The van der Waals surface area contributed by atoms with Crippen molar-refractivity contribution in [1.29, 1.82) is 0 Å². The largest absolute Gasteiger partial charge is 0.329 e. The molecule has 0 heterocycles. The molecule has 0 aromatic heterocycles. The van der Waals surface area contributed by atoms with Gasteiger partial charge in [-0.3, -0.25) is 0 Å². The number of rotatable bonds is 27. The molecule has 6 aromatic rings. The summed E-state index contributed by atoms with van der Waals surface area (Å²) in [5, 5.41) is 6.33. The molecule has 7 heteroatoms. The number of benzene rings is 6. The van der Waals surface area contributed by atoms with Gasteiger partial charge in [-0.15, -0.1) is 0 Å². The Morgan fingerprint density at radius 3 is 0.603 bits per heavy atom. The Balaban J connectivity index is 0.000000891. The summed E-state index contributed by atoms with van der Waals surface area (Å²) >= 11 is -8.23. The normalized spacial score (nSPS) is 13.1. The van der Waals surface area contributed by atoms with Gasteiger partial charge in [-0.25, -0.2) is 0 Å². The molecule has 6 rings (SSSR count). The summed E-state index contributed by atoms with van der Waals surface area (Å²) in [5.41, 5.74) is 18.5. The third kappa shape index (κ3) is 18.2. The molecule has 394 valence electrons. The van der Waals surface area contributed by atoms with E-state index in [9.17, 15) is 1.41 Å². The van der Waals surface area contributed by atoms with Crippen LogP contribution in [0.4, 0.5) is 0 Å². The first-order valence-corrected chi connectivity index (χ1v) is 41.8. The van der Waals surface area contributed by atoms with Crippen LogP contribution in [0.1, 0.15) is 116 Å². The van der Waals surface area contributed by atoms with Crippen molar-refractivity contribution in [3.63, 3.8) is 0 Å². The van der Waals surface area contributed by atoms with Crippen molar-refractivity contribution in [1.82, 2.24) is 10.6 Å². The molecule has 0 amide bonds. The van der Waals surface area contributed by atoms with E-state index in [0.29, 0.717) is 13.1 Å². The number of nitrogens with two attached hydrogens (primary N) is 2. The SMILES string of the molecule is CC(C)([CH2][Sn]([CH2]C(C)(C)c1ccccc1)([CH2]C(C)(C)c1ccccc1)[O][Sn]([CH2]C(C)(C)c1ccccc1)([CH2]C(C)(C)c1ccccc1)[CH2]C(C)(C)c1ccccc1)c1ccccc1.NCCNCCNCCN. The topological polar surface area (TPSA) is 85.3 Å². The molecule has 0 unspecified atom stereocenters. The molecular formula is C66H96N4OSn2. The Hall–Kier alpha value is -3.28. The van der Waals surface area contributed by atoms with E-state index in [-0.39, 0.29) is 32.5 Å². The molecule has 0 radical (unpaired) electrons. The van der Waals surface area contributed by atoms with Gasteiger partial charge in [0.2, 0.25) is 0 Å². The molecule has 0 aliphatic heterocycles. The van der Waals surface area contributed by atoms with E-state index in [0.717, 1.165) is 52.8 Å². The van der Waals surface area contributed by atoms with Crippen molar-refractivity contribution >= 4 is 37.6 Å². The molecule has 0 bridgehead atoms. The zero-order valence-corrected chi connectivity index (χ0v) is 53.1. The fourth-order valence-corrected chi connectivity index (χ4v) is 75.4. The van der Waals surface area contributed by atoms with E-state index < -0.39 is 37.6 Å². The molecule has 6 N–H and O–H groups in total. The predicted molar refractivity (Wildman–Crippen MR) is 322 cm³/mol. The van der Waals surface area contributed by atoms with Crippen molar-refractivity contribution in [3.8, 4) is 0 Å². The minimum absolute atomic E-state index is 0.0900. The molecular weight excluding hydrogens is 1100 g/mol. The standard InChI is InChI=1S/6C10H13.C6H18N4.O.2Sn/c6*1-10(2,3)9-7-5-4-6-8-9;7-1-3-9-5-6-10-4-2-8;;;/h6*4-8H,1H2,2-3H3;9-10H,1-8H2;;;. The van der Waals surface area contributed by atoms with Crippen LogP contribution >= 0.6 is 0 Å². The summed E-state index contributed by atoms with van der Waals surface area (Å²) in [5.74, 6) is 0. The Bertz CT molecular complexity index is 2030. The van der Waals surface area contributed by atoms with Gasteiger partial charge in [-0.1, -0.05) is 0 Å². The van der Waals surface area contributed by atoms with Crippen LogP contribution in [0.5, 0.6) is 0 Å². The van der Waals surface area contributed by atoms with Crippen molar-refractivity contribution in [2.75, 3.05) is 39.3 Å². The molecule has 0 saturated carbocycles. The average molecular weight is 1200 g/mol. The van der Waals surface area contributed by atoms with Crippen molar-refractivity contribution in [2.24, 2.45) is 11.5 Å². The van der Waals surface area contributed by atoms with Crippen molar-refractivity contribution in [3.05, 3.63) is 215 Å². The third-order valence-electron chi connectivity index (χ3n) is 15.5. The smallest absolute Gasteiger partial charge is 0.00772 e. The minimum atomic E-state index is -4.11. The molecule has 73 heavy (non-hydrogen) atoms. The molecule has 0 spiro atoms. The zero-order chi connectivity index (χ0) is 53.3. The first-order valence-electron chi connectivity index (χ1n) is 27.3. The maximum absolute atomic E-state index is 9.39. The van der Waals surface area contributed by atoms with E-state index in [1.165, 1.54) is 33.4 Å². The first kappa shape index (κ1) is 60.6. The van der Waals surface area contributed by atoms with Gasteiger partial charge in [-0.05, 0) is 0 Å². The average Bonchev–Trinajstić information content (AvgIpc) is 3.36. The van der Waals surface area contributed by atoms with Gasteiger partial charge in [0.25, 0.3) is 0 Å². The summed E-state index contributed by atoms with van der Waals surface area (Å²) < 4.78 is 16.1. The minimum Gasteiger partial charge on any atom is -0.329 e. The van der Waals surface area contributed by atoms with E-state index >= 15 is 0 Å². The van der Waals surface area contributed by atoms with Crippen LogP contribution in [0.2, 0.25) is 26.6 Å². The molecule has 5 nitrogen and oxygen atoms in total. The van der Waals surface area contributed by atoms with E-state index in [2.05, 4.69) is 276 Å². The van der Waals surface area contributed by atoms with Gasteiger partial charge in [-0.2, -0.15) is 0 Å². The summed E-state index contributed by atoms with van der Waals surface area (Å²) in [6, 6.07) is 68.6. The fourth-order valence-electron chi connectivity index (χ4n) is 12.5. The van der Waals surface area contributed by atoms with Crippen LogP contribution in [-0.4, -0.2) is 76.9 Å². The number of hydrogen-bond donors (Lipinski definition) is 4. The van der Waals surface area contributed by atoms with Gasteiger partial charge in [0.15, 0.2) is 0 Å². The Morgan fingerprint density at radius 2 is 0.452 bits per heavy atom. The summed E-state index contributed by atoms with van der Waals surface area (Å²) in [6.45, 7) is 35.6. The van der Waals surface area contributed by atoms with Crippen LogP contribution in [0.25, 0.3) is 0 Å². The van der Waals surface area contributed by atoms with Gasteiger partial charge < -0.3 is 22.1 Å². The van der Waals surface area contributed by atoms with Crippen LogP contribution in [0, 0.1) is 0 Å². The first-order chi connectivity index (χ1) is 34.5. The zero-order valence-electron chi connectivity index (χ0n) is 47.4. The fraction of sp³-hybridized carbons (Fsp3) is 0.455. The second kappa shape index (κ2) is 27.2. The Labute approximate surface area is 454 Å². The van der Waals surface area contributed by atoms with Crippen molar-refractivity contribution < 1.29 is 1.41 Å². The Kier molecular flexibility index (Phi) is 22.5. The molecule has 6 aromatic carbocycles. The van der Waals surface area contributed by atoms with Crippen molar-refractivity contribution in [2.45, 2.75) is 142 Å². The quantitative estimate of drug-likeness (QED) is 0.0305. The monoisotopic (exact) mass is 1200 g/mol. The Morgan fingerprint density at radius 1 is 0.288 bits per heavy atom. The van der Waals surface area contributed by atoms with E-state index in [1.54, 1.807) is 0 Å². The maximum atomic E-state index is 9.39. The van der Waals surface area contributed by atoms with Gasteiger partial charge in [0.1, 0.15) is 0 Å². The third-order valence-corrected chi connectivity index (χ3v) is 60.7. The van der Waals surface area contributed by atoms with Crippen LogP contribution in [0.3, 0.4) is 0 Å².